The van der Waals surface area contributed by atoms with E-state index < -0.39 is 10.0 Å². The van der Waals surface area contributed by atoms with E-state index in [1.54, 1.807) is 26.0 Å². The topological polar surface area (TPSA) is 101 Å². The predicted molar refractivity (Wildman–Crippen MR) is 111 cm³/mol. The molecule has 1 aromatic carbocycles. The largest absolute Gasteiger partial charge is 0.323 e. The predicted octanol–water partition coefficient (Wildman–Crippen LogP) is 3.61. The molecular weight excluding hydrogens is 396 g/mol. The van der Waals surface area contributed by atoms with Crippen LogP contribution in [0.1, 0.15) is 16.4 Å². The number of benzene rings is 1. The first kappa shape index (κ1) is 19.7. The maximum absolute atomic E-state index is 12.5. The van der Waals surface area contributed by atoms with Crippen LogP contribution in [0.3, 0.4) is 0 Å². The van der Waals surface area contributed by atoms with Crippen molar-refractivity contribution in [1.29, 1.82) is 0 Å². The standard InChI is InChI=1S/C19H18N4O3S2/c1-13-12-18(21-14(2)20-13)23-28(25,26)17-8-5-15(6-9-17)22-19(24)10-7-16-4-3-11-27-16/h3-12H,1-2H3,(H,22,24)(H,20,21,23)/b10-7-. The van der Waals surface area contributed by atoms with Crippen molar-refractivity contribution >= 4 is 44.8 Å². The van der Waals surface area contributed by atoms with E-state index in [-0.39, 0.29) is 16.6 Å². The zero-order chi connectivity index (χ0) is 20.1. The summed E-state index contributed by atoms with van der Waals surface area (Å²) >= 11 is 1.53. The Bertz CT molecular complexity index is 1090. The number of hydrogen-bond donors (Lipinski definition) is 2. The SMILES string of the molecule is Cc1cc(NS(=O)(=O)c2ccc(NC(=O)/C=C\c3cccs3)cc2)nc(C)n1. The number of anilines is 2. The monoisotopic (exact) mass is 414 g/mol. The number of nitrogens with one attached hydrogen (secondary N) is 2. The fourth-order valence-electron chi connectivity index (χ4n) is 2.41. The van der Waals surface area contributed by atoms with Gasteiger partial charge in [-0.25, -0.2) is 18.4 Å². The van der Waals surface area contributed by atoms with Crippen molar-refractivity contribution in [2.45, 2.75) is 18.7 Å². The molecule has 0 spiro atoms. The molecule has 0 saturated heterocycles. The molecule has 0 saturated carbocycles. The molecule has 7 nitrogen and oxygen atoms in total. The molecule has 2 aromatic heterocycles. The number of amides is 1. The van der Waals surface area contributed by atoms with E-state index in [9.17, 15) is 13.2 Å². The molecule has 28 heavy (non-hydrogen) atoms. The molecule has 2 N–H and O–H groups in total. The minimum Gasteiger partial charge on any atom is -0.323 e. The van der Waals surface area contributed by atoms with E-state index in [4.69, 9.17) is 0 Å². The molecule has 0 aliphatic carbocycles. The lowest BCUT2D eigenvalue weighted by Gasteiger charge is -2.09. The number of aromatic nitrogens is 2. The molecule has 0 unspecified atom stereocenters. The van der Waals surface area contributed by atoms with Crippen LogP contribution in [-0.2, 0) is 14.8 Å². The van der Waals surface area contributed by atoms with Gasteiger partial charge in [-0.15, -0.1) is 11.3 Å². The second kappa shape index (κ2) is 8.32. The van der Waals surface area contributed by atoms with Gasteiger partial charge >= 0.3 is 0 Å². The number of carbonyl (C=O) groups excluding carboxylic acids is 1. The third-order valence-electron chi connectivity index (χ3n) is 3.58. The highest BCUT2D eigenvalue weighted by Gasteiger charge is 2.15. The van der Waals surface area contributed by atoms with E-state index in [2.05, 4.69) is 20.0 Å². The first-order valence-electron chi connectivity index (χ1n) is 8.29. The van der Waals surface area contributed by atoms with Crippen LogP contribution in [0.25, 0.3) is 6.08 Å². The van der Waals surface area contributed by atoms with Gasteiger partial charge in [0.25, 0.3) is 10.0 Å². The molecule has 0 aliphatic rings. The highest BCUT2D eigenvalue weighted by atomic mass is 32.2. The Labute approximate surface area is 167 Å². The van der Waals surface area contributed by atoms with Crippen molar-refractivity contribution in [1.82, 2.24) is 9.97 Å². The van der Waals surface area contributed by atoms with Crippen LogP contribution in [0.5, 0.6) is 0 Å². The summed E-state index contributed by atoms with van der Waals surface area (Å²) in [5.74, 6) is 0.390. The van der Waals surface area contributed by atoms with Crippen molar-refractivity contribution in [3.63, 3.8) is 0 Å². The molecular formula is C19H18N4O3S2. The molecule has 3 aromatic rings. The second-order valence-corrected chi connectivity index (χ2v) is 8.57. The first-order chi connectivity index (χ1) is 13.3. The third-order valence-corrected chi connectivity index (χ3v) is 5.79. The van der Waals surface area contributed by atoms with Crippen LogP contribution < -0.4 is 10.0 Å². The molecule has 0 aliphatic heterocycles. The minimum atomic E-state index is -3.80. The third kappa shape index (κ3) is 5.24. The average Bonchev–Trinajstić information content (AvgIpc) is 3.13. The molecule has 0 radical (unpaired) electrons. The number of carbonyl (C=O) groups is 1. The van der Waals surface area contributed by atoms with Crippen molar-refractivity contribution in [2.75, 3.05) is 10.0 Å². The zero-order valence-corrected chi connectivity index (χ0v) is 16.8. The summed E-state index contributed by atoms with van der Waals surface area (Å²) in [6.07, 6.45) is 3.15. The molecule has 0 fully saturated rings. The molecule has 144 valence electrons. The smallest absolute Gasteiger partial charge is 0.263 e. The Morgan fingerprint density at radius 3 is 2.50 bits per heavy atom. The number of nitrogens with zero attached hydrogens (tertiary/aromatic N) is 2. The summed E-state index contributed by atoms with van der Waals surface area (Å²) in [5.41, 5.74) is 1.16. The van der Waals surface area contributed by atoms with Gasteiger partial charge in [0.1, 0.15) is 11.6 Å². The molecule has 0 bridgehead atoms. The lowest BCUT2D eigenvalue weighted by Crippen LogP contribution is -2.15. The fourth-order valence-corrected chi connectivity index (χ4v) is 4.02. The van der Waals surface area contributed by atoms with E-state index in [0.29, 0.717) is 17.2 Å². The van der Waals surface area contributed by atoms with Gasteiger partial charge in [-0.05, 0) is 55.6 Å². The summed E-state index contributed by atoms with van der Waals surface area (Å²) in [6.45, 7) is 3.45. The summed E-state index contributed by atoms with van der Waals surface area (Å²) < 4.78 is 27.5. The van der Waals surface area contributed by atoms with Gasteiger partial charge < -0.3 is 5.32 Å². The molecule has 9 heteroatoms. The van der Waals surface area contributed by atoms with Crippen LogP contribution in [0.15, 0.2) is 58.8 Å². The van der Waals surface area contributed by atoms with Crippen molar-refractivity contribution in [3.8, 4) is 0 Å². The normalized spacial score (nSPS) is 11.5. The van der Waals surface area contributed by atoms with Gasteiger partial charge in [0.05, 0.1) is 4.90 Å². The average molecular weight is 415 g/mol. The first-order valence-corrected chi connectivity index (χ1v) is 10.7. The summed E-state index contributed by atoms with van der Waals surface area (Å²) in [5, 5.41) is 4.62. The van der Waals surface area contributed by atoms with E-state index >= 15 is 0 Å². The number of thiophene rings is 1. The maximum atomic E-state index is 12.5. The summed E-state index contributed by atoms with van der Waals surface area (Å²) in [6, 6.07) is 11.3. The van der Waals surface area contributed by atoms with Crippen LogP contribution in [-0.4, -0.2) is 24.3 Å². The molecule has 3 rings (SSSR count). The Hall–Kier alpha value is -3.04. The van der Waals surface area contributed by atoms with Crippen molar-refractivity contribution < 1.29 is 13.2 Å². The summed E-state index contributed by atoms with van der Waals surface area (Å²) in [7, 11) is -3.80. The van der Waals surface area contributed by atoms with Gasteiger partial charge in [0, 0.05) is 28.4 Å². The summed E-state index contributed by atoms with van der Waals surface area (Å²) in [4.78, 5) is 21.2. The van der Waals surface area contributed by atoms with Crippen molar-refractivity contribution in [2.24, 2.45) is 0 Å². The van der Waals surface area contributed by atoms with Gasteiger partial charge in [0.15, 0.2) is 0 Å². The van der Waals surface area contributed by atoms with Crippen LogP contribution in [0.2, 0.25) is 0 Å². The van der Waals surface area contributed by atoms with Gasteiger partial charge in [-0.2, -0.15) is 0 Å². The Morgan fingerprint density at radius 1 is 1.11 bits per heavy atom. The van der Waals surface area contributed by atoms with Crippen molar-refractivity contribution in [3.05, 3.63) is 70.3 Å². The van der Waals surface area contributed by atoms with Gasteiger partial charge in [-0.3, -0.25) is 9.52 Å². The number of aryl methyl sites for hydroxylation is 2. The second-order valence-electron chi connectivity index (χ2n) is 5.91. The highest BCUT2D eigenvalue weighted by Crippen LogP contribution is 2.18. The van der Waals surface area contributed by atoms with Gasteiger partial charge in [0.2, 0.25) is 5.91 Å². The number of rotatable bonds is 6. The number of sulfonamides is 1. The minimum absolute atomic E-state index is 0.0635. The van der Waals surface area contributed by atoms with Gasteiger partial charge in [-0.1, -0.05) is 6.07 Å². The van der Waals surface area contributed by atoms with E-state index in [0.717, 1.165) is 4.88 Å². The fraction of sp³-hybridized carbons (Fsp3) is 0.105. The van der Waals surface area contributed by atoms with E-state index in [1.165, 1.54) is 41.7 Å². The molecule has 1 amide bonds. The molecule has 0 atom stereocenters. The lowest BCUT2D eigenvalue weighted by atomic mass is 10.3. The molecule has 2 heterocycles. The van der Waals surface area contributed by atoms with Crippen LogP contribution >= 0.6 is 11.3 Å². The highest BCUT2D eigenvalue weighted by molar-refractivity contribution is 7.92. The Balaban J connectivity index is 1.68. The number of hydrogen-bond acceptors (Lipinski definition) is 6. The lowest BCUT2D eigenvalue weighted by molar-refractivity contribution is -0.111. The zero-order valence-electron chi connectivity index (χ0n) is 15.2. The Morgan fingerprint density at radius 2 is 1.86 bits per heavy atom. The van der Waals surface area contributed by atoms with E-state index in [1.807, 2.05) is 17.5 Å². The van der Waals surface area contributed by atoms with Crippen LogP contribution in [0.4, 0.5) is 11.5 Å². The maximum Gasteiger partial charge on any atom is 0.263 e. The quantitative estimate of drug-likeness (QED) is 0.600. The Kier molecular flexibility index (Phi) is 5.86. The van der Waals surface area contributed by atoms with Crippen LogP contribution in [0, 0.1) is 13.8 Å².